The van der Waals surface area contributed by atoms with Crippen LogP contribution in [0, 0.1) is 0 Å². The second-order valence-electron chi connectivity index (χ2n) is 32.5. The fourth-order valence-corrected chi connectivity index (χ4v) is 22.0. The first kappa shape index (κ1) is 43.6. The molecule has 0 saturated heterocycles. The van der Waals surface area contributed by atoms with Crippen molar-refractivity contribution >= 4 is 79.3 Å². The highest BCUT2D eigenvalue weighted by molar-refractivity contribution is 7.06. The predicted molar refractivity (Wildman–Crippen MR) is 321 cm³/mol. The third-order valence-corrected chi connectivity index (χ3v) is 27.3. The summed E-state index contributed by atoms with van der Waals surface area (Å²) in [6.45, 7) is 28.4. The second kappa shape index (κ2) is 12.1. The maximum Gasteiger partial charge on any atom is 0.340 e. The van der Waals surface area contributed by atoms with Crippen LogP contribution in [-0.4, -0.2) is 26.8 Å². The van der Waals surface area contributed by atoms with Gasteiger partial charge in [-0.3, -0.25) is 4.57 Å². The van der Waals surface area contributed by atoms with Gasteiger partial charge >= 0.3 is 5.69 Å². The van der Waals surface area contributed by atoms with E-state index in [1.807, 2.05) is 0 Å². The number of aromatic nitrogens is 3. The molecule has 8 bridgehead atoms. The molecule has 0 atom stereocenters. The van der Waals surface area contributed by atoms with E-state index in [-0.39, 0.29) is 67.9 Å². The number of fused-ring (bicyclic) bond motifs is 22. The van der Waals surface area contributed by atoms with Gasteiger partial charge in [0.05, 0.1) is 11.0 Å². The van der Waals surface area contributed by atoms with Crippen LogP contribution in [0.2, 0.25) is 0 Å². The van der Waals surface area contributed by atoms with Crippen molar-refractivity contribution in [1.82, 2.24) is 13.4 Å². The highest BCUT2D eigenvalue weighted by Crippen LogP contribution is 2.62. The van der Waals surface area contributed by atoms with Gasteiger partial charge in [-0.05, 0) is 281 Å². The zero-order valence-electron chi connectivity index (χ0n) is 47.8. The Kier molecular flexibility index (Phi) is 6.86. The van der Waals surface area contributed by atoms with Crippen LogP contribution in [0.15, 0.2) is 53.3 Å². The minimum atomic E-state index is -0.158. The average Bonchev–Trinajstić information content (AvgIpc) is 3.21. The quantitative estimate of drug-likeness (QED) is 0.139. The van der Waals surface area contributed by atoms with E-state index in [9.17, 15) is 0 Å². The van der Waals surface area contributed by atoms with Crippen molar-refractivity contribution < 1.29 is 0 Å². The van der Waals surface area contributed by atoms with E-state index in [2.05, 4.69) is 138 Å². The molecule has 4 nitrogen and oxygen atoms in total. The van der Waals surface area contributed by atoms with Gasteiger partial charge in [0.1, 0.15) is 11.3 Å². The minimum Gasteiger partial charge on any atom is -0.283 e. The van der Waals surface area contributed by atoms with Crippen molar-refractivity contribution in [3.05, 3.63) is 109 Å². The lowest BCUT2D eigenvalue weighted by Crippen LogP contribution is -2.62. The van der Waals surface area contributed by atoms with Gasteiger partial charge in [0.25, 0.3) is 13.4 Å². The SMILES string of the molecule is CC(C)(C)c1c2c3c4c5c1-c1cc6c(cc1B5c1c5cc7c(cc5n5c(=O)n8c9cc%10c(cc9c(c8n-4c15)B3c1cc3c(cc1-2)C1(C)CCC3(C)CC1)C1(C)CCC%10(C)CC1)C1(C)CCC7(C)CC1)C1(C)CCC6(C)CC1. The maximum absolute atomic E-state index is 17.0. The summed E-state index contributed by atoms with van der Waals surface area (Å²) in [7, 11) is 0. The Labute approximate surface area is 455 Å². The fraction of sp³-hybridized carbons (Fsp3) is 0.507. The highest BCUT2D eigenvalue weighted by Gasteiger charge is 2.59. The largest absolute Gasteiger partial charge is 0.340 e. The molecule has 12 aliphatic carbocycles. The van der Waals surface area contributed by atoms with Crippen LogP contribution in [0.3, 0.4) is 0 Å². The molecule has 7 heterocycles. The molecule has 3 aromatic heterocycles. The highest BCUT2D eigenvalue weighted by atomic mass is 16.1. The molecule has 4 fully saturated rings. The van der Waals surface area contributed by atoms with Gasteiger partial charge in [-0.25, -0.2) is 13.6 Å². The van der Waals surface area contributed by atoms with Gasteiger partial charge in [0.15, 0.2) is 0 Å². The van der Waals surface area contributed by atoms with Crippen molar-refractivity contribution in [3.63, 3.8) is 0 Å². The lowest BCUT2D eigenvalue weighted by atomic mass is 9.33. The summed E-state index contributed by atoms with van der Waals surface area (Å²) in [6, 6.07) is 21.8. The summed E-state index contributed by atoms with van der Waals surface area (Å²) >= 11 is 0. The van der Waals surface area contributed by atoms with E-state index in [0.29, 0.717) is 0 Å². The third kappa shape index (κ3) is 4.37. The normalized spacial score (nSPS) is 34.8. The summed E-state index contributed by atoms with van der Waals surface area (Å²) in [5.74, 6) is 0. The summed E-state index contributed by atoms with van der Waals surface area (Å²) in [5, 5.41) is 2.66. The van der Waals surface area contributed by atoms with Crippen LogP contribution in [0.1, 0.15) is 229 Å². The Morgan fingerprint density at radius 3 is 0.987 bits per heavy atom. The van der Waals surface area contributed by atoms with Crippen LogP contribution in [-0.2, 0) is 48.7 Å². The third-order valence-electron chi connectivity index (χ3n) is 27.3. The van der Waals surface area contributed by atoms with E-state index in [1.54, 1.807) is 49.9 Å². The number of rotatable bonds is 0. The number of nitrogens with zero attached hydrogens (tertiary/aromatic N) is 3. The molecule has 384 valence electrons. The number of benzene rings is 5. The lowest BCUT2D eigenvalue weighted by Gasteiger charge is -2.52. The van der Waals surface area contributed by atoms with E-state index >= 15 is 4.79 Å². The number of hydrogen-bond acceptors (Lipinski definition) is 1. The zero-order chi connectivity index (χ0) is 51.9. The van der Waals surface area contributed by atoms with Gasteiger partial charge in [-0.15, -0.1) is 0 Å². The molecule has 6 heteroatoms. The zero-order valence-corrected chi connectivity index (χ0v) is 47.8. The molecule has 16 aliphatic rings. The Balaban J connectivity index is 1.05. The standard InChI is InChI=1S/C71H73B2N3O/c1-63(2,3)54-52-36-28-40-44(68(8)20-12-64(40,4)13-21-68)32-48(36)72-55-38-30-42-46(70(10)24-16-66(42,6)17-25-70)34-50(38)74-60(55)76-59(57(52)72)58-53(54)37-29-41-45(69(9)22-14-65(41,5)15-23-69)33-49(37)73(58)56-39-31-43-47(35-51(39)75(61(56)76)62(74)77)71(11)26-18-67(43,7)19-27-71/h28-35H,12-27H2,1-11H3. The van der Waals surface area contributed by atoms with E-state index in [0.717, 1.165) is 22.3 Å². The molecule has 0 radical (unpaired) electrons. The maximum atomic E-state index is 17.0. The molecule has 8 aromatic rings. The van der Waals surface area contributed by atoms with Crippen molar-refractivity contribution in [1.29, 1.82) is 0 Å². The van der Waals surface area contributed by atoms with Crippen LogP contribution in [0.4, 0.5) is 0 Å². The monoisotopic (exact) mass is 1010 g/mol. The molecule has 0 spiro atoms. The van der Waals surface area contributed by atoms with Crippen LogP contribution >= 0.6 is 0 Å². The van der Waals surface area contributed by atoms with Crippen LogP contribution in [0.5, 0.6) is 0 Å². The molecule has 0 unspecified atom stereocenters. The predicted octanol–water partition coefficient (Wildman–Crippen LogP) is 12.0. The average molecular weight is 1010 g/mol. The first-order chi connectivity index (χ1) is 36.5. The molecule has 5 aromatic carbocycles. The Bertz CT molecular complexity index is 4160. The summed E-state index contributed by atoms with van der Waals surface area (Å²) in [4.78, 5) is 17.0. The van der Waals surface area contributed by atoms with Crippen molar-refractivity contribution in [2.75, 3.05) is 0 Å². The molecule has 4 saturated carbocycles. The van der Waals surface area contributed by atoms with Crippen molar-refractivity contribution in [2.24, 2.45) is 0 Å². The fourth-order valence-electron chi connectivity index (χ4n) is 22.0. The molecular weight excluding hydrogens is 932 g/mol. The van der Waals surface area contributed by atoms with Crippen LogP contribution < -0.4 is 38.5 Å². The second-order valence-corrected chi connectivity index (χ2v) is 32.5. The van der Waals surface area contributed by atoms with Crippen molar-refractivity contribution in [2.45, 2.75) is 228 Å². The van der Waals surface area contributed by atoms with Crippen molar-refractivity contribution in [3.8, 4) is 27.9 Å². The Hall–Kier alpha value is -5.22. The summed E-state index contributed by atoms with van der Waals surface area (Å²) in [6.07, 6.45) is 20.0. The molecule has 0 N–H and O–H groups in total. The molecule has 0 amide bonds. The summed E-state index contributed by atoms with van der Waals surface area (Å²) < 4.78 is 7.43. The molecule has 77 heavy (non-hydrogen) atoms. The smallest absolute Gasteiger partial charge is 0.283 e. The van der Waals surface area contributed by atoms with Crippen LogP contribution in [0.25, 0.3) is 61.0 Å². The molecule has 24 rings (SSSR count). The van der Waals surface area contributed by atoms with E-state index in [4.69, 9.17) is 0 Å². The van der Waals surface area contributed by atoms with Gasteiger partial charge in [-0.2, -0.15) is 0 Å². The van der Waals surface area contributed by atoms with Gasteiger partial charge in [-0.1, -0.05) is 111 Å². The lowest BCUT2D eigenvalue weighted by molar-refractivity contribution is 0.188. The first-order valence-electron chi connectivity index (χ1n) is 31.0. The van der Waals surface area contributed by atoms with Gasteiger partial charge in [0.2, 0.25) is 0 Å². The minimum absolute atomic E-state index is 0.0279. The van der Waals surface area contributed by atoms with E-state index < -0.39 is 0 Å². The topological polar surface area (TPSA) is 30.8 Å². The first-order valence-corrected chi connectivity index (χ1v) is 31.0. The Morgan fingerprint density at radius 2 is 0.675 bits per heavy atom. The number of hydrogen-bond donors (Lipinski definition) is 0. The molecule has 4 aliphatic heterocycles. The summed E-state index contributed by atoms with van der Waals surface area (Å²) in [5.41, 5.74) is 36.5. The van der Waals surface area contributed by atoms with Gasteiger partial charge in [0, 0.05) is 5.69 Å². The Morgan fingerprint density at radius 1 is 0.390 bits per heavy atom. The van der Waals surface area contributed by atoms with Gasteiger partial charge < -0.3 is 0 Å². The molecular formula is C71H73B2N3O. The van der Waals surface area contributed by atoms with E-state index in [1.165, 1.54) is 174 Å².